The molecule has 0 aliphatic rings. The van der Waals surface area contributed by atoms with Crippen molar-refractivity contribution in [3.8, 4) is 12.1 Å². The minimum absolute atomic E-state index is 0.282. The van der Waals surface area contributed by atoms with Crippen LogP contribution >= 0.6 is 11.6 Å². The topological polar surface area (TPSA) is 69.2 Å². The molecule has 0 N–H and O–H groups in total. The highest BCUT2D eigenvalue weighted by Crippen LogP contribution is 2.14. The molecule has 4 nitrogen and oxygen atoms in total. The van der Waals surface area contributed by atoms with E-state index in [-0.39, 0.29) is 5.71 Å². The smallest absolute Gasteiger partial charge is 0.178 e. The maximum Gasteiger partial charge on any atom is 0.178 e. The van der Waals surface area contributed by atoms with Crippen molar-refractivity contribution in [2.75, 3.05) is 7.11 Å². The molecular weight excluding hydrogens is 226 g/mol. The molecule has 16 heavy (non-hydrogen) atoms. The molecule has 1 aromatic rings. The molecule has 0 amide bonds. The van der Waals surface area contributed by atoms with E-state index in [0.717, 1.165) is 0 Å². The van der Waals surface area contributed by atoms with E-state index < -0.39 is 5.92 Å². The van der Waals surface area contributed by atoms with Gasteiger partial charge in [0, 0.05) is 10.6 Å². The van der Waals surface area contributed by atoms with Gasteiger partial charge in [0.25, 0.3) is 0 Å². The normalized spacial score (nSPS) is 10.7. The standard InChI is InChI=1S/C11H8ClN3O/c1-16-15-11(9(6-13)7-14)8-2-4-10(12)5-3-8/h2-5,9H,1H3/b15-11-. The lowest BCUT2D eigenvalue weighted by atomic mass is 9.99. The summed E-state index contributed by atoms with van der Waals surface area (Å²) in [6.07, 6.45) is 0. The van der Waals surface area contributed by atoms with E-state index in [1.165, 1.54) is 7.11 Å². The number of nitrogens with zero attached hydrogens (tertiary/aromatic N) is 3. The van der Waals surface area contributed by atoms with Crippen LogP contribution in [0.25, 0.3) is 0 Å². The van der Waals surface area contributed by atoms with Crippen molar-refractivity contribution in [3.05, 3.63) is 34.9 Å². The van der Waals surface area contributed by atoms with E-state index in [1.807, 2.05) is 12.1 Å². The lowest BCUT2D eigenvalue weighted by Crippen LogP contribution is -2.12. The second kappa shape index (κ2) is 5.75. The number of rotatable bonds is 3. The van der Waals surface area contributed by atoms with Gasteiger partial charge in [-0.3, -0.25) is 0 Å². The zero-order chi connectivity index (χ0) is 12.0. The molecule has 0 aliphatic carbocycles. The fourth-order valence-electron chi connectivity index (χ4n) is 1.14. The molecule has 0 aliphatic heterocycles. The molecule has 5 heteroatoms. The Hall–Kier alpha value is -2.04. The minimum Gasteiger partial charge on any atom is -0.399 e. The van der Waals surface area contributed by atoms with Crippen LogP contribution in [-0.4, -0.2) is 12.8 Å². The predicted molar refractivity (Wildman–Crippen MR) is 59.7 cm³/mol. The summed E-state index contributed by atoms with van der Waals surface area (Å²) >= 11 is 5.74. The highest BCUT2D eigenvalue weighted by molar-refractivity contribution is 6.30. The van der Waals surface area contributed by atoms with Crippen molar-refractivity contribution in [1.82, 2.24) is 0 Å². The molecule has 0 saturated heterocycles. The third-order valence-electron chi connectivity index (χ3n) is 1.86. The summed E-state index contributed by atoms with van der Waals surface area (Å²) < 4.78 is 0. The monoisotopic (exact) mass is 233 g/mol. The maximum absolute atomic E-state index is 8.80. The van der Waals surface area contributed by atoms with Gasteiger partial charge < -0.3 is 4.84 Å². The summed E-state index contributed by atoms with van der Waals surface area (Å²) in [6, 6.07) is 10.4. The number of benzene rings is 1. The molecule has 0 heterocycles. The molecule has 80 valence electrons. The van der Waals surface area contributed by atoms with Gasteiger partial charge in [-0.25, -0.2) is 0 Å². The van der Waals surface area contributed by atoms with E-state index in [1.54, 1.807) is 24.3 Å². The van der Waals surface area contributed by atoms with E-state index >= 15 is 0 Å². The second-order valence-electron chi connectivity index (χ2n) is 2.86. The van der Waals surface area contributed by atoms with Crippen molar-refractivity contribution in [2.45, 2.75) is 0 Å². The van der Waals surface area contributed by atoms with E-state index in [0.29, 0.717) is 10.6 Å². The summed E-state index contributed by atoms with van der Waals surface area (Å²) in [4.78, 5) is 4.63. The third kappa shape index (κ3) is 2.73. The van der Waals surface area contributed by atoms with Gasteiger partial charge >= 0.3 is 0 Å². The van der Waals surface area contributed by atoms with Gasteiger partial charge in [-0.05, 0) is 12.1 Å². The summed E-state index contributed by atoms with van der Waals surface area (Å²) in [5.74, 6) is -0.957. The molecule has 0 fully saturated rings. The van der Waals surface area contributed by atoms with Gasteiger partial charge in [0.05, 0.1) is 12.1 Å². The van der Waals surface area contributed by atoms with Gasteiger partial charge in [-0.2, -0.15) is 10.5 Å². The van der Waals surface area contributed by atoms with Gasteiger partial charge in [0.2, 0.25) is 0 Å². The van der Waals surface area contributed by atoms with Crippen molar-refractivity contribution < 1.29 is 4.84 Å². The molecule has 1 rings (SSSR count). The van der Waals surface area contributed by atoms with Crippen molar-refractivity contribution >= 4 is 17.3 Å². The van der Waals surface area contributed by atoms with E-state index in [4.69, 9.17) is 22.1 Å². The molecule has 1 aromatic carbocycles. The van der Waals surface area contributed by atoms with Crippen LogP contribution in [0.2, 0.25) is 5.02 Å². The first kappa shape index (κ1) is 12.0. The summed E-state index contributed by atoms with van der Waals surface area (Å²) in [5, 5.41) is 21.9. The first-order valence-electron chi connectivity index (χ1n) is 4.39. The van der Waals surface area contributed by atoms with Gasteiger partial charge in [-0.15, -0.1) is 0 Å². The molecule has 0 spiro atoms. The number of halogens is 1. The molecule has 0 radical (unpaired) electrons. The fourth-order valence-corrected chi connectivity index (χ4v) is 1.27. The average Bonchev–Trinajstić information content (AvgIpc) is 2.31. The Morgan fingerprint density at radius 1 is 1.31 bits per heavy atom. The second-order valence-corrected chi connectivity index (χ2v) is 3.29. The molecule has 0 bridgehead atoms. The predicted octanol–water partition coefficient (Wildman–Crippen LogP) is 2.35. The number of nitriles is 2. The Morgan fingerprint density at radius 2 is 1.88 bits per heavy atom. The van der Waals surface area contributed by atoms with Gasteiger partial charge in [0.15, 0.2) is 5.92 Å². The Kier molecular flexibility index (Phi) is 4.32. The first-order chi connectivity index (χ1) is 7.72. The Bertz CT molecular complexity index is 453. The van der Waals surface area contributed by atoms with E-state index in [9.17, 15) is 0 Å². The van der Waals surface area contributed by atoms with Crippen LogP contribution < -0.4 is 0 Å². The molecule has 0 unspecified atom stereocenters. The van der Waals surface area contributed by atoms with Gasteiger partial charge in [-0.1, -0.05) is 28.9 Å². The highest BCUT2D eigenvalue weighted by atomic mass is 35.5. The summed E-state index contributed by atoms with van der Waals surface area (Å²) in [6.45, 7) is 0. The van der Waals surface area contributed by atoms with Crippen LogP contribution in [0.4, 0.5) is 0 Å². The zero-order valence-electron chi connectivity index (χ0n) is 8.51. The van der Waals surface area contributed by atoms with Crippen LogP contribution in [-0.2, 0) is 4.84 Å². The quantitative estimate of drug-likeness (QED) is 0.594. The lowest BCUT2D eigenvalue weighted by molar-refractivity contribution is 0.212. The minimum atomic E-state index is -0.957. The number of hydrogen-bond acceptors (Lipinski definition) is 4. The largest absolute Gasteiger partial charge is 0.399 e. The molecule has 0 saturated carbocycles. The summed E-state index contributed by atoms with van der Waals surface area (Å²) in [7, 11) is 1.36. The van der Waals surface area contributed by atoms with E-state index in [2.05, 4.69) is 9.99 Å². The first-order valence-corrected chi connectivity index (χ1v) is 4.77. The van der Waals surface area contributed by atoms with Crippen LogP contribution in [0.3, 0.4) is 0 Å². The maximum atomic E-state index is 8.80. The Morgan fingerprint density at radius 3 is 2.31 bits per heavy atom. The van der Waals surface area contributed by atoms with Crippen molar-refractivity contribution in [2.24, 2.45) is 11.1 Å². The number of hydrogen-bond donors (Lipinski definition) is 0. The highest BCUT2D eigenvalue weighted by Gasteiger charge is 2.17. The molecular formula is C11H8ClN3O. The summed E-state index contributed by atoms with van der Waals surface area (Å²) in [5.41, 5.74) is 0.920. The number of oxime groups is 1. The van der Waals surface area contributed by atoms with Crippen LogP contribution in [0.15, 0.2) is 29.4 Å². The SMILES string of the molecule is CO/N=C(/c1ccc(Cl)cc1)C(C#N)C#N. The molecule has 0 aromatic heterocycles. The fraction of sp³-hybridized carbons (Fsp3) is 0.182. The zero-order valence-corrected chi connectivity index (χ0v) is 9.27. The van der Waals surface area contributed by atoms with Crippen molar-refractivity contribution in [1.29, 1.82) is 10.5 Å². The Labute approximate surface area is 98.3 Å². The lowest BCUT2D eigenvalue weighted by Gasteiger charge is -2.05. The Balaban J connectivity index is 3.15. The molecule has 0 atom stereocenters. The van der Waals surface area contributed by atoms with Gasteiger partial charge in [0.1, 0.15) is 12.8 Å². The van der Waals surface area contributed by atoms with Crippen LogP contribution in [0, 0.1) is 28.6 Å². The third-order valence-corrected chi connectivity index (χ3v) is 2.11. The van der Waals surface area contributed by atoms with Crippen LogP contribution in [0.1, 0.15) is 5.56 Å². The van der Waals surface area contributed by atoms with Crippen molar-refractivity contribution in [3.63, 3.8) is 0 Å². The average molecular weight is 234 g/mol. The van der Waals surface area contributed by atoms with Crippen LogP contribution in [0.5, 0.6) is 0 Å².